The summed E-state index contributed by atoms with van der Waals surface area (Å²) in [4.78, 5) is 24.8. The Balaban J connectivity index is 1.25. The van der Waals surface area contributed by atoms with Crippen molar-refractivity contribution in [3.63, 3.8) is 0 Å². The fourth-order valence-electron chi connectivity index (χ4n) is 5.90. The van der Waals surface area contributed by atoms with Gasteiger partial charge in [-0.3, -0.25) is 0 Å². The zero-order valence-corrected chi connectivity index (χ0v) is 24.8. The summed E-state index contributed by atoms with van der Waals surface area (Å²) in [7, 11) is 2.02. The molecule has 0 atom stereocenters. The smallest absolute Gasteiger partial charge is 0.343 e. The van der Waals surface area contributed by atoms with Gasteiger partial charge in [-0.1, -0.05) is 60.7 Å². The molecule has 222 valence electrons. The van der Waals surface area contributed by atoms with Crippen LogP contribution < -0.4 is 4.90 Å². The number of hydrogen-bond donors (Lipinski definition) is 0. The van der Waals surface area contributed by atoms with Crippen LogP contribution in [-0.2, 0) is 22.6 Å². The van der Waals surface area contributed by atoms with E-state index in [1.165, 1.54) is 5.56 Å². The number of nitrogens with zero attached hydrogens (tertiary/aromatic N) is 6. The van der Waals surface area contributed by atoms with Crippen molar-refractivity contribution in [1.82, 2.24) is 24.1 Å². The quantitative estimate of drug-likeness (QED) is 0.170. The third-order valence-electron chi connectivity index (χ3n) is 8.26. The summed E-state index contributed by atoms with van der Waals surface area (Å²) in [5, 5.41) is 5.57. The minimum absolute atomic E-state index is 0.205. The van der Waals surface area contributed by atoms with Gasteiger partial charge in [-0.25, -0.2) is 14.8 Å². The van der Waals surface area contributed by atoms with E-state index in [1.54, 1.807) is 17.6 Å². The van der Waals surface area contributed by atoms with E-state index in [9.17, 15) is 4.79 Å². The number of pyridine rings is 1. The number of fused-ring (bicyclic) bond motifs is 2. The Morgan fingerprint density at radius 3 is 2.48 bits per heavy atom. The number of benzene rings is 2. The molecule has 0 bridgehead atoms. The Kier molecular flexibility index (Phi) is 7.54. The monoisotopic (exact) mass is 586 g/mol. The molecular weight excluding hydrogens is 552 g/mol. The van der Waals surface area contributed by atoms with Crippen molar-refractivity contribution < 1.29 is 14.3 Å². The van der Waals surface area contributed by atoms with E-state index in [2.05, 4.69) is 51.1 Å². The van der Waals surface area contributed by atoms with Crippen LogP contribution in [0.15, 0.2) is 97.5 Å². The van der Waals surface area contributed by atoms with E-state index in [1.807, 2.05) is 61.8 Å². The number of ether oxygens (including phenoxy) is 2. The van der Waals surface area contributed by atoms with Gasteiger partial charge in [-0.2, -0.15) is 9.61 Å². The first-order valence-electron chi connectivity index (χ1n) is 15.0. The number of carbonyl (C=O) groups is 1. The SMILES string of the molecule is CCOC(=O)c1cnn2c(N(C)Cc3ccccc3)cc(-c3cn(C4CC(OCc5ccccc5)C4)c4ncccc34)nc12. The Morgan fingerprint density at radius 2 is 1.73 bits per heavy atom. The summed E-state index contributed by atoms with van der Waals surface area (Å²) in [6, 6.07) is 26.9. The average molecular weight is 587 g/mol. The van der Waals surface area contributed by atoms with Crippen LogP contribution in [0.1, 0.15) is 47.3 Å². The number of anilines is 1. The van der Waals surface area contributed by atoms with Crippen molar-refractivity contribution in [2.75, 3.05) is 18.6 Å². The predicted octanol–water partition coefficient (Wildman–Crippen LogP) is 6.48. The minimum atomic E-state index is -0.441. The maximum atomic E-state index is 12.9. The highest BCUT2D eigenvalue weighted by molar-refractivity contribution is 5.98. The summed E-state index contributed by atoms with van der Waals surface area (Å²) in [5.74, 6) is 0.371. The molecule has 9 nitrogen and oxygen atoms in total. The highest BCUT2D eigenvalue weighted by Gasteiger charge is 2.33. The topological polar surface area (TPSA) is 86.8 Å². The van der Waals surface area contributed by atoms with Crippen LogP contribution in [0.3, 0.4) is 0 Å². The molecule has 4 aromatic heterocycles. The van der Waals surface area contributed by atoms with Crippen LogP contribution in [0.5, 0.6) is 0 Å². The first-order valence-corrected chi connectivity index (χ1v) is 15.0. The fourth-order valence-corrected chi connectivity index (χ4v) is 5.90. The number of aromatic nitrogens is 5. The molecule has 2 aromatic carbocycles. The van der Waals surface area contributed by atoms with Crippen molar-refractivity contribution >= 4 is 28.5 Å². The zero-order chi connectivity index (χ0) is 30.0. The van der Waals surface area contributed by atoms with E-state index in [0.29, 0.717) is 24.4 Å². The van der Waals surface area contributed by atoms with Crippen LogP contribution in [0, 0.1) is 0 Å². The van der Waals surface area contributed by atoms with Crippen molar-refractivity contribution in [1.29, 1.82) is 0 Å². The van der Waals surface area contributed by atoms with Gasteiger partial charge in [-0.15, -0.1) is 0 Å². The molecule has 1 aliphatic rings. The van der Waals surface area contributed by atoms with Crippen LogP contribution in [0.25, 0.3) is 27.9 Å². The van der Waals surface area contributed by atoms with Gasteiger partial charge < -0.3 is 18.9 Å². The van der Waals surface area contributed by atoms with E-state index < -0.39 is 5.97 Å². The first kappa shape index (κ1) is 27.8. The lowest BCUT2D eigenvalue weighted by molar-refractivity contribution is -0.0347. The summed E-state index contributed by atoms with van der Waals surface area (Å²) >= 11 is 0. The third-order valence-corrected chi connectivity index (χ3v) is 8.26. The fraction of sp³-hybridized carbons (Fsp3) is 0.257. The molecule has 9 heteroatoms. The van der Waals surface area contributed by atoms with Crippen LogP contribution in [0.4, 0.5) is 5.82 Å². The normalized spacial score (nSPS) is 16.2. The lowest BCUT2D eigenvalue weighted by atomic mass is 9.89. The highest BCUT2D eigenvalue weighted by Crippen LogP contribution is 2.40. The molecule has 1 aliphatic carbocycles. The van der Waals surface area contributed by atoms with Gasteiger partial charge >= 0.3 is 5.97 Å². The van der Waals surface area contributed by atoms with Crippen molar-refractivity contribution in [3.05, 3.63) is 114 Å². The first-order chi connectivity index (χ1) is 21.6. The van der Waals surface area contributed by atoms with Gasteiger partial charge in [0.1, 0.15) is 17.0 Å². The molecule has 7 rings (SSSR count). The molecule has 0 spiro atoms. The number of rotatable bonds is 10. The molecule has 0 aliphatic heterocycles. The summed E-state index contributed by atoms with van der Waals surface area (Å²) in [5.41, 5.74) is 5.74. The molecule has 0 N–H and O–H groups in total. The van der Waals surface area contributed by atoms with E-state index in [0.717, 1.165) is 46.5 Å². The number of carbonyl (C=O) groups excluding carboxylic acids is 1. The average Bonchev–Trinajstić information content (AvgIpc) is 3.63. The van der Waals surface area contributed by atoms with Gasteiger partial charge in [-0.05, 0) is 43.0 Å². The molecule has 44 heavy (non-hydrogen) atoms. The molecule has 0 radical (unpaired) electrons. The third kappa shape index (κ3) is 5.31. The van der Waals surface area contributed by atoms with E-state index >= 15 is 0 Å². The maximum absolute atomic E-state index is 12.9. The van der Waals surface area contributed by atoms with Gasteiger partial charge in [0, 0.05) is 49.0 Å². The number of hydrogen-bond acceptors (Lipinski definition) is 7. The molecule has 0 unspecified atom stereocenters. The van der Waals surface area contributed by atoms with Gasteiger partial charge in [0.15, 0.2) is 5.65 Å². The second-order valence-corrected chi connectivity index (χ2v) is 11.2. The maximum Gasteiger partial charge on any atom is 0.343 e. The van der Waals surface area contributed by atoms with Crippen molar-refractivity contribution in [2.24, 2.45) is 0 Å². The molecule has 1 fully saturated rings. The van der Waals surface area contributed by atoms with Crippen LogP contribution in [0.2, 0.25) is 0 Å². The summed E-state index contributed by atoms with van der Waals surface area (Å²) < 4.78 is 15.5. The zero-order valence-electron chi connectivity index (χ0n) is 24.8. The van der Waals surface area contributed by atoms with Gasteiger partial charge in [0.2, 0.25) is 0 Å². The highest BCUT2D eigenvalue weighted by atomic mass is 16.5. The molecule has 4 heterocycles. The van der Waals surface area contributed by atoms with Gasteiger partial charge in [0.05, 0.1) is 31.2 Å². The Bertz CT molecular complexity index is 1910. The van der Waals surface area contributed by atoms with Crippen LogP contribution >= 0.6 is 0 Å². The van der Waals surface area contributed by atoms with Crippen molar-refractivity contribution in [2.45, 2.75) is 45.1 Å². The lowest BCUT2D eigenvalue weighted by Crippen LogP contribution is -2.33. The van der Waals surface area contributed by atoms with Crippen molar-refractivity contribution in [3.8, 4) is 11.3 Å². The van der Waals surface area contributed by atoms with E-state index in [-0.39, 0.29) is 18.8 Å². The molecule has 6 aromatic rings. The minimum Gasteiger partial charge on any atom is -0.462 e. The standard InChI is InChI=1S/C35H34N6O3/c1-3-43-35(42)29-20-37-41-32(39(2)21-24-11-6-4-7-12-24)19-31(38-34(29)41)30-22-40(33-28(30)15-10-16-36-33)26-17-27(18-26)44-23-25-13-8-5-9-14-25/h4-16,19-20,22,26-27H,3,17-18,21,23H2,1-2H3. The Hall–Kier alpha value is -5.02. The Morgan fingerprint density at radius 1 is 0.977 bits per heavy atom. The molecule has 1 saturated carbocycles. The molecule has 0 saturated heterocycles. The Labute approximate surface area is 255 Å². The summed E-state index contributed by atoms with van der Waals surface area (Å²) in [6.45, 7) is 3.34. The molecular formula is C35H34N6O3. The predicted molar refractivity (Wildman–Crippen MR) is 170 cm³/mol. The lowest BCUT2D eigenvalue weighted by Gasteiger charge is -2.36. The van der Waals surface area contributed by atoms with Gasteiger partial charge in [0.25, 0.3) is 0 Å². The van der Waals surface area contributed by atoms with Crippen LogP contribution in [-0.4, -0.2) is 49.9 Å². The summed E-state index contributed by atoms with van der Waals surface area (Å²) in [6.07, 6.45) is 7.56. The second-order valence-electron chi connectivity index (χ2n) is 11.2. The second kappa shape index (κ2) is 11.9. The number of esters is 1. The van der Waals surface area contributed by atoms with E-state index in [4.69, 9.17) is 19.4 Å². The molecule has 0 amide bonds. The largest absolute Gasteiger partial charge is 0.462 e.